The Morgan fingerprint density at radius 1 is 0.613 bits per heavy atom. The summed E-state index contributed by atoms with van der Waals surface area (Å²) in [6, 6.07) is 31.6. The molecule has 0 bridgehead atoms. The number of nitrogens with one attached hydrogen (secondary N) is 1. The number of benzene rings is 3. The summed E-state index contributed by atoms with van der Waals surface area (Å²) in [5.74, 6) is -0.913. The maximum Gasteiger partial charge on any atom is 0.141 e. The standard InChI is InChI=1S/C18H15N.C10H20O2/c1-4-10-16(11-5-1)19(17-12-6-2-7-13-17)18-14-8-3-9-15-18;1-2-3-4-5-6-7-8-9-10(11)12/h1-15H;2-9H2,1H3,(H,11,12). The summed E-state index contributed by atoms with van der Waals surface area (Å²) in [5, 5.41) is 10.0. The highest BCUT2D eigenvalue weighted by atomic mass is 16.4. The normalized spacial score (nSPS) is 10.4. The van der Waals surface area contributed by atoms with E-state index >= 15 is 0 Å². The third-order valence-electron chi connectivity index (χ3n) is 5.17. The third-order valence-corrected chi connectivity index (χ3v) is 5.17. The van der Waals surface area contributed by atoms with E-state index in [1.807, 2.05) is 0 Å². The summed E-state index contributed by atoms with van der Waals surface area (Å²) in [6.45, 7) is 2.19. The number of hydrogen-bond acceptors (Lipinski definition) is 2. The summed E-state index contributed by atoms with van der Waals surface area (Å²) in [4.78, 5) is 11.3. The lowest BCUT2D eigenvalue weighted by molar-refractivity contribution is -0.681. The van der Waals surface area contributed by atoms with Crippen molar-refractivity contribution < 1.29 is 14.8 Å². The molecule has 0 amide bonds. The second kappa shape index (κ2) is 15.0. The van der Waals surface area contributed by atoms with Crippen molar-refractivity contribution in [1.82, 2.24) is 0 Å². The van der Waals surface area contributed by atoms with Crippen molar-refractivity contribution in [3.8, 4) is 0 Å². The van der Waals surface area contributed by atoms with Crippen LogP contribution in [0.15, 0.2) is 91.0 Å². The number of carbonyl (C=O) groups excluding carboxylic acids is 1. The van der Waals surface area contributed by atoms with Gasteiger partial charge >= 0.3 is 0 Å². The Balaban J connectivity index is 0.000000248. The highest BCUT2D eigenvalue weighted by Gasteiger charge is 2.17. The Morgan fingerprint density at radius 2 is 0.968 bits per heavy atom. The zero-order valence-corrected chi connectivity index (χ0v) is 18.6. The minimum Gasteiger partial charge on any atom is -0.550 e. The van der Waals surface area contributed by atoms with Crippen molar-refractivity contribution in [3.63, 3.8) is 0 Å². The van der Waals surface area contributed by atoms with E-state index in [1.54, 1.807) is 0 Å². The molecule has 31 heavy (non-hydrogen) atoms. The molecule has 1 N–H and O–H groups in total. The average molecular weight is 418 g/mol. The van der Waals surface area contributed by atoms with E-state index < -0.39 is 5.97 Å². The molecule has 0 heterocycles. The molecule has 164 valence electrons. The fraction of sp³-hybridized carbons (Fsp3) is 0.321. The Kier molecular flexibility index (Phi) is 11.8. The lowest BCUT2D eigenvalue weighted by atomic mass is 10.1. The van der Waals surface area contributed by atoms with Crippen LogP contribution >= 0.6 is 0 Å². The van der Waals surface area contributed by atoms with E-state index in [0.717, 1.165) is 12.8 Å². The number of aliphatic carboxylic acids is 1. The molecule has 0 aromatic heterocycles. The van der Waals surface area contributed by atoms with Crippen LogP contribution in [0, 0.1) is 0 Å². The van der Waals surface area contributed by atoms with Crippen molar-refractivity contribution in [1.29, 1.82) is 0 Å². The molecule has 0 aliphatic carbocycles. The predicted molar refractivity (Wildman–Crippen MR) is 127 cm³/mol. The van der Waals surface area contributed by atoms with Gasteiger partial charge in [-0.2, -0.15) is 0 Å². The molecule has 0 spiro atoms. The minimum atomic E-state index is -0.913. The maximum absolute atomic E-state index is 10.0. The van der Waals surface area contributed by atoms with Crippen LogP contribution in [0.4, 0.5) is 17.1 Å². The second-order valence-electron chi connectivity index (χ2n) is 7.72. The smallest absolute Gasteiger partial charge is 0.141 e. The van der Waals surface area contributed by atoms with Gasteiger partial charge in [-0.3, -0.25) is 0 Å². The highest BCUT2D eigenvalue weighted by molar-refractivity contribution is 5.64. The van der Waals surface area contributed by atoms with Gasteiger partial charge in [-0.05, 0) is 49.2 Å². The Labute approximate surface area is 187 Å². The van der Waals surface area contributed by atoms with Gasteiger partial charge in [0.1, 0.15) is 17.1 Å². The van der Waals surface area contributed by atoms with Crippen LogP contribution in [-0.4, -0.2) is 5.97 Å². The molecule has 3 nitrogen and oxygen atoms in total. The predicted octanol–water partition coefficient (Wildman–Crippen LogP) is 5.74. The number of rotatable bonds is 11. The zero-order chi connectivity index (χ0) is 22.2. The van der Waals surface area contributed by atoms with Gasteiger partial charge in [-0.15, -0.1) is 0 Å². The van der Waals surface area contributed by atoms with E-state index in [2.05, 4.69) is 97.9 Å². The molecule has 0 fully saturated rings. The monoisotopic (exact) mass is 417 g/mol. The van der Waals surface area contributed by atoms with E-state index in [4.69, 9.17) is 0 Å². The van der Waals surface area contributed by atoms with Gasteiger partial charge in [0.05, 0.1) is 0 Å². The van der Waals surface area contributed by atoms with Crippen LogP contribution in [0.1, 0.15) is 58.3 Å². The van der Waals surface area contributed by atoms with Crippen LogP contribution < -0.4 is 10.0 Å². The van der Waals surface area contributed by atoms with Crippen molar-refractivity contribution in [3.05, 3.63) is 91.0 Å². The second-order valence-corrected chi connectivity index (χ2v) is 7.72. The van der Waals surface area contributed by atoms with Crippen molar-refractivity contribution >= 4 is 23.0 Å². The molecule has 3 aromatic rings. The number of hydrogen-bond donors (Lipinski definition) is 1. The first-order valence-corrected chi connectivity index (χ1v) is 11.5. The molecule has 0 saturated carbocycles. The van der Waals surface area contributed by atoms with Gasteiger partial charge < -0.3 is 9.90 Å². The molecule has 3 rings (SSSR count). The summed E-state index contributed by atoms with van der Waals surface area (Å²) in [6.07, 6.45) is 8.34. The highest BCUT2D eigenvalue weighted by Crippen LogP contribution is 2.14. The summed E-state index contributed by atoms with van der Waals surface area (Å²) < 4.78 is 0. The van der Waals surface area contributed by atoms with Gasteiger partial charge in [0.25, 0.3) is 0 Å². The molecule has 0 unspecified atom stereocenters. The molecule has 0 aliphatic rings. The Morgan fingerprint density at radius 3 is 1.32 bits per heavy atom. The van der Waals surface area contributed by atoms with Crippen molar-refractivity contribution in [2.75, 3.05) is 0 Å². The van der Waals surface area contributed by atoms with E-state index in [9.17, 15) is 9.90 Å². The zero-order valence-electron chi connectivity index (χ0n) is 18.6. The van der Waals surface area contributed by atoms with Crippen LogP contribution in [0.2, 0.25) is 0 Å². The Hall–Kier alpha value is -2.91. The molecule has 3 aromatic carbocycles. The molecule has 0 radical (unpaired) electrons. The summed E-state index contributed by atoms with van der Waals surface area (Å²) in [7, 11) is 0. The quantitative estimate of drug-likeness (QED) is 0.404. The lowest BCUT2D eigenvalue weighted by Crippen LogP contribution is -2.96. The minimum absolute atomic E-state index is 0.230. The molecular formula is C28H35NO2. The van der Waals surface area contributed by atoms with Crippen molar-refractivity contribution in [2.24, 2.45) is 0 Å². The number of quaternary nitrogens is 1. The molecule has 0 atom stereocenters. The van der Waals surface area contributed by atoms with Crippen molar-refractivity contribution in [2.45, 2.75) is 58.3 Å². The van der Waals surface area contributed by atoms with Crippen LogP contribution in [-0.2, 0) is 4.79 Å². The number of para-hydroxylation sites is 3. The number of carboxylic acid groups (broad SMARTS) is 1. The fourth-order valence-corrected chi connectivity index (χ4v) is 3.54. The maximum atomic E-state index is 10.0. The SMILES string of the molecule is CCCCCCCCCC(=O)[O-].c1ccc([NH+](c2ccccc2)c2ccccc2)cc1. The first-order valence-electron chi connectivity index (χ1n) is 11.5. The first-order chi connectivity index (χ1) is 15.2. The van der Waals surface area contributed by atoms with Gasteiger partial charge in [-0.25, -0.2) is 4.90 Å². The average Bonchev–Trinajstić information content (AvgIpc) is 2.81. The third kappa shape index (κ3) is 9.63. The van der Waals surface area contributed by atoms with Crippen LogP contribution in [0.3, 0.4) is 0 Å². The van der Waals surface area contributed by atoms with E-state index in [-0.39, 0.29) is 6.42 Å². The first kappa shape index (κ1) is 24.4. The molecule has 3 heteroatoms. The number of unbranched alkanes of at least 4 members (excludes halogenated alkanes) is 6. The largest absolute Gasteiger partial charge is 0.550 e. The van der Waals surface area contributed by atoms with Gasteiger partial charge in [0.2, 0.25) is 0 Å². The molecule has 0 aliphatic heterocycles. The van der Waals surface area contributed by atoms with E-state index in [1.165, 1.54) is 54.1 Å². The molecular weight excluding hydrogens is 382 g/mol. The number of carboxylic acids is 1. The van der Waals surface area contributed by atoms with Crippen LogP contribution in [0.5, 0.6) is 0 Å². The topological polar surface area (TPSA) is 44.6 Å². The Bertz CT molecular complexity index is 741. The van der Waals surface area contributed by atoms with Gasteiger partial charge in [0.15, 0.2) is 0 Å². The van der Waals surface area contributed by atoms with E-state index in [0.29, 0.717) is 0 Å². The lowest BCUT2D eigenvalue weighted by Gasteiger charge is -2.18. The van der Waals surface area contributed by atoms with Crippen LogP contribution in [0.25, 0.3) is 0 Å². The fourth-order valence-electron chi connectivity index (χ4n) is 3.54. The summed E-state index contributed by atoms with van der Waals surface area (Å²) >= 11 is 0. The number of carbonyl (C=O) groups is 1. The summed E-state index contributed by atoms with van der Waals surface area (Å²) in [5.41, 5.74) is 3.75. The van der Waals surface area contributed by atoms with Gasteiger partial charge in [0, 0.05) is 5.97 Å². The van der Waals surface area contributed by atoms with Gasteiger partial charge in [-0.1, -0.05) is 100 Å². The molecule has 0 saturated heterocycles.